The van der Waals surface area contributed by atoms with Crippen LogP contribution in [-0.2, 0) is 19.5 Å². The van der Waals surface area contributed by atoms with Crippen LogP contribution in [0.1, 0.15) is 42.4 Å². The Balaban J connectivity index is 1.75. The van der Waals surface area contributed by atoms with Crippen molar-refractivity contribution in [1.29, 1.82) is 0 Å². The van der Waals surface area contributed by atoms with Gasteiger partial charge in [0.05, 0.1) is 7.11 Å². The van der Waals surface area contributed by atoms with E-state index in [0.717, 1.165) is 36.6 Å². The van der Waals surface area contributed by atoms with Crippen LogP contribution < -0.4 is 4.74 Å². The van der Waals surface area contributed by atoms with Crippen LogP contribution >= 0.6 is 0 Å². The number of nitrogens with zero attached hydrogens (tertiary/aromatic N) is 3. The average Bonchev–Trinajstić information content (AvgIpc) is 2.56. The van der Waals surface area contributed by atoms with Crippen molar-refractivity contribution in [2.75, 3.05) is 13.7 Å². The maximum atomic E-state index is 14.3. The van der Waals surface area contributed by atoms with Crippen molar-refractivity contribution in [2.45, 2.75) is 39.3 Å². The van der Waals surface area contributed by atoms with Crippen LogP contribution in [0.3, 0.4) is 0 Å². The molecule has 0 radical (unpaired) electrons. The Bertz CT molecular complexity index is 703. The van der Waals surface area contributed by atoms with Gasteiger partial charge in [0.25, 0.3) is 0 Å². The zero-order valence-electron chi connectivity index (χ0n) is 13.8. The maximum Gasteiger partial charge on any atom is 0.169 e. The van der Waals surface area contributed by atoms with E-state index in [-0.39, 0.29) is 5.82 Å². The number of rotatable bonds is 4. The molecule has 2 heterocycles. The predicted molar refractivity (Wildman–Crippen MR) is 86.9 cm³/mol. The van der Waals surface area contributed by atoms with Crippen LogP contribution in [0, 0.1) is 5.82 Å². The van der Waals surface area contributed by atoms with Crippen LogP contribution in [0.2, 0.25) is 0 Å². The fourth-order valence-electron chi connectivity index (χ4n) is 2.88. The van der Waals surface area contributed by atoms with E-state index in [1.165, 1.54) is 7.11 Å². The summed E-state index contributed by atoms with van der Waals surface area (Å²) in [5, 5.41) is 0. The van der Waals surface area contributed by atoms with E-state index in [1.807, 2.05) is 18.3 Å². The molecule has 0 saturated carbocycles. The van der Waals surface area contributed by atoms with Gasteiger partial charge in [-0.2, -0.15) is 0 Å². The second-order valence-corrected chi connectivity index (χ2v) is 6.25. The van der Waals surface area contributed by atoms with Crippen LogP contribution in [0.5, 0.6) is 5.75 Å². The molecule has 0 fully saturated rings. The topological polar surface area (TPSA) is 38.2 Å². The molecule has 0 spiro atoms. The first-order valence-corrected chi connectivity index (χ1v) is 7.97. The lowest BCUT2D eigenvalue weighted by molar-refractivity contribution is 0.238. The highest BCUT2D eigenvalue weighted by Gasteiger charge is 2.20. The number of fused-ring (bicyclic) bond motifs is 1. The number of halogens is 1. The minimum absolute atomic E-state index is 0.271. The molecule has 3 rings (SSSR count). The number of hydrogen-bond acceptors (Lipinski definition) is 4. The summed E-state index contributed by atoms with van der Waals surface area (Å²) < 4.78 is 19.3. The van der Waals surface area contributed by atoms with Crippen LogP contribution in [0.15, 0.2) is 24.4 Å². The Morgan fingerprint density at radius 2 is 2.17 bits per heavy atom. The first kappa shape index (κ1) is 15.9. The van der Waals surface area contributed by atoms with Gasteiger partial charge in [-0.3, -0.25) is 4.90 Å². The summed E-state index contributed by atoms with van der Waals surface area (Å²) in [6.45, 7) is 6.39. The molecule has 0 saturated heterocycles. The first-order chi connectivity index (χ1) is 11.1. The third kappa shape index (κ3) is 3.34. The van der Waals surface area contributed by atoms with Crippen molar-refractivity contribution >= 4 is 0 Å². The van der Waals surface area contributed by atoms with E-state index in [1.54, 1.807) is 6.07 Å². The Kier molecular flexibility index (Phi) is 4.57. The van der Waals surface area contributed by atoms with Crippen molar-refractivity contribution in [2.24, 2.45) is 0 Å². The van der Waals surface area contributed by atoms with E-state index in [2.05, 4.69) is 28.7 Å². The SMILES string of the molecule is COc1cccc(CN2CCc3nc(C(C)C)ncc3C2)c1F. The molecule has 0 bridgehead atoms. The fourth-order valence-corrected chi connectivity index (χ4v) is 2.88. The minimum atomic E-state index is -0.271. The average molecular weight is 315 g/mol. The molecule has 5 heteroatoms. The molecule has 23 heavy (non-hydrogen) atoms. The standard InChI is InChI=1S/C18H22FN3O/c1-12(2)18-20-9-14-11-22(8-7-15(14)21-18)10-13-5-4-6-16(23-3)17(13)19/h4-6,9,12H,7-8,10-11H2,1-3H3. The summed E-state index contributed by atoms with van der Waals surface area (Å²) in [4.78, 5) is 11.3. The molecule has 0 aliphatic carbocycles. The number of benzene rings is 1. The van der Waals surface area contributed by atoms with Gasteiger partial charge in [-0.15, -0.1) is 0 Å². The quantitative estimate of drug-likeness (QED) is 0.867. The maximum absolute atomic E-state index is 14.3. The van der Waals surface area contributed by atoms with Crippen molar-refractivity contribution in [3.05, 3.63) is 52.9 Å². The van der Waals surface area contributed by atoms with E-state index >= 15 is 0 Å². The molecule has 1 aliphatic heterocycles. The number of hydrogen-bond donors (Lipinski definition) is 0. The summed E-state index contributed by atoms with van der Waals surface area (Å²) in [6.07, 6.45) is 2.80. The molecular formula is C18H22FN3O. The Morgan fingerprint density at radius 1 is 1.35 bits per heavy atom. The molecule has 1 aromatic heterocycles. The smallest absolute Gasteiger partial charge is 0.169 e. The third-order valence-electron chi connectivity index (χ3n) is 4.21. The molecule has 0 unspecified atom stereocenters. The van der Waals surface area contributed by atoms with E-state index in [0.29, 0.717) is 23.8 Å². The first-order valence-electron chi connectivity index (χ1n) is 7.97. The summed E-state index contributed by atoms with van der Waals surface area (Å²) >= 11 is 0. The third-order valence-corrected chi connectivity index (χ3v) is 4.21. The normalized spacial score (nSPS) is 14.8. The van der Waals surface area contributed by atoms with Crippen molar-refractivity contribution < 1.29 is 9.13 Å². The Hall–Kier alpha value is -2.01. The van der Waals surface area contributed by atoms with Gasteiger partial charge in [0, 0.05) is 55.0 Å². The second-order valence-electron chi connectivity index (χ2n) is 6.25. The van der Waals surface area contributed by atoms with Gasteiger partial charge in [-0.1, -0.05) is 26.0 Å². The van der Waals surface area contributed by atoms with Gasteiger partial charge in [0.1, 0.15) is 5.82 Å². The van der Waals surface area contributed by atoms with Crippen LogP contribution in [-0.4, -0.2) is 28.5 Å². The van der Waals surface area contributed by atoms with Crippen molar-refractivity contribution in [3.63, 3.8) is 0 Å². The summed E-state index contributed by atoms with van der Waals surface area (Å²) in [7, 11) is 1.49. The Labute approximate surface area is 136 Å². The van der Waals surface area contributed by atoms with Crippen molar-refractivity contribution in [1.82, 2.24) is 14.9 Å². The molecule has 2 aromatic rings. The van der Waals surface area contributed by atoms with Crippen LogP contribution in [0.4, 0.5) is 4.39 Å². The lowest BCUT2D eigenvalue weighted by Crippen LogP contribution is -2.31. The lowest BCUT2D eigenvalue weighted by atomic mass is 10.1. The zero-order valence-corrected chi connectivity index (χ0v) is 13.8. The van der Waals surface area contributed by atoms with Gasteiger partial charge >= 0.3 is 0 Å². The molecule has 0 N–H and O–H groups in total. The van der Waals surface area contributed by atoms with Gasteiger partial charge in [0.2, 0.25) is 0 Å². The summed E-state index contributed by atoms with van der Waals surface area (Å²) in [6, 6.07) is 5.28. The lowest BCUT2D eigenvalue weighted by Gasteiger charge is -2.28. The summed E-state index contributed by atoms with van der Waals surface area (Å²) in [5.41, 5.74) is 2.93. The monoisotopic (exact) mass is 315 g/mol. The van der Waals surface area contributed by atoms with Crippen LogP contribution in [0.25, 0.3) is 0 Å². The van der Waals surface area contributed by atoms with Gasteiger partial charge < -0.3 is 4.74 Å². The number of aromatic nitrogens is 2. The largest absolute Gasteiger partial charge is 0.494 e. The minimum Gasteiger partial charge on any atom is -0.494 e. The predicted octanol–water partition coefficient (Wildman–Crippen LogP) is 3.31. The van der Waals surface area contributed by atoms with Gasteiger partial charge in [-0.05, 0) is 6.07 Å². The summed E-state index contributed by atoms with van der Waals surface area (Å²) in [5.74, 6) is 1.26. The van der Waals surface area contributed by atoms with Crippen molar-refractivity contribution in [3.8, 4) is 5.75 Å². The van der Waals surface area contributed by atoms with Gasteiger partial charge in [-0.25, -0.2) is 14.4 Å². The number of ether oxygens (including phenoxy) is 1. The molecule has 1 aromatic carbocycles. The Morgan fingerprint density at radius 3 is 2.91 bits per heavy atom. The highest BCUT2D eigenvalue weighted by molar-refractivity contribution is 5.31. The highest BCUT2D eigenvalue weighted by atomic mass is 19.1. The zero-order chi connectivity index (χ0) is 16.4. The number of methoxy groups -OCH3 is 1. The fraction of sp³-hybridized carbons (Fsp3) is 0.444. The van der Waals surface area contributed by atoms with Gasteiger partial charge in [0.15, 0.2) is 11.6 Å². The van der Waals surface area contributed by atoms with E-state index in [4.69, 9.17) is 4.74 Å². The highest BCUT2D eigenvalue weighted by Crippen LogP contribution is 2.24. The van der Waals surface area contributed by atoms with E-state index in [9.17, 15) is 4.39 Å². The molecule has 0 amide bonds. The molecule has 0 atom stereocenters. The molecular weight excluding hydrogens is 293 g/mol. The second kappa shape index (κ2) is 6.62. The van der Waals surface area contributed by atoms with E-state index < -0.39 is 0 Å². The molecule has 4 nitrogen and oxygen atoms in total. The molecule has 122 valence electrons. The molecule has 1 aliphatic rings.